The first-order chi connectivity index (χ1) is 13.2. The van der Waals surface area contributed by atoms with Crippen LogP contribution in [0.3, 0.4) is 0 Å². The van der Waals surface area contributed by atoms with Crippen molar-refractivity contribution in [3.05, 3.63) is 77.6 Å². The molecule has 27 heavy (non-hydrogen) atoms. The van der Waals surface area contributed by atoms with E-state index in [1.165, 1.54) is 5.56 Å². The molecule has 1 aliphatic heterocycles. The molecule has 0 radical (unpaired) electrons. The maximum atomic E-state index is 12.6. The third-order valence-electron chi connectivity index (χ3n) is 4.97. The maximum absolute atomic E-state index is 12.6. The summed E-state index contributed by atoms with van der Waals surface area (Å²) in [7, 11) is 0. The summed E-state index contributed by atoms with van der Waals surface area (Å²) in [6.45, 7) is 4.23. The van der Waals surface area contributed by atoms with Crippen LogP contribution in [0.5, 0.6) is 0 Å². The van der Waals surface area contributed by atoms with Crippen LogP contribution in [0.1, 0.15) is 35.3 Å². The average Bonchev–Trinajstić information content (AvgIpc) is 3.04. The summed E-state index contributed by atoms with van der Waals surface area (Å²) in [5.74, 6) is 0.426. The molecule has 1 amide bonds. The predicted molar refractivity (Wildman–Crippen MR) is 108 cm³/mol. The van der Waals surface area contributed by atoms with Crippen LogP contribution in [-0.4, -0.2) is 21.9 Å². The Morgan fingerprint density at radius 3 is 2.59 bits per heavy atom. The van der Waals surface area contributed by atoms with E-state index in [-0.39, 0.29) is 5.91 Å². The Kier molecular flexibility index (Phi) is 4.59. The predicted octanol–water partition coefficient (Wildman–Crippen LogP) is 4.37. The van der Waals surface area contributed by atoms with Crippen molar-refractivity contribution in [2.75, 3.05) is 10.2 Å². The number of aromatic nitrogens is 2. The van der Waals surface area contributed by atoms with Crippen molar-refractivity contribution in [3.63, 3.8) is 0 Å². The number of anilines is 3. The van der Waals surface area contributed by atoms with Crippen molar-refractivity contribution >= 4 is 23.2 Å². The molecule has 5 nitrogen and oxygen atoms in total. The van der Waals surface area contributed by atoms with Crippen LogP contribution in [0.2, 0.25) is 0 Å². The molecule has 3 aromatic rings. The van der Waals surface area contributed by atoms with Gasteiger partial charge in [-0.2, -0.15) is 0 Å². The number of nitrogens with one attached hydrogen (secondary N) is 1. The molecular weight excluding hydrogens is 336 g/mol. The number of carbonyl (C=O) groups excluding carboxylic acids is 1. The standard InChI is InChI=1S/C22H22N4O/c1-3-16-8-4-6-10-19(16)25-21(27)18-13-23-22(24-14-18)26-15(2)12-17-9-5-7-11-20(17)26/h4-11,13-15H,3,12H2,1-2H3,(H,25,27). The van der Waals surface area contributed by atoms with E-state index in [0.717, 1.165) is 29.8 Å². The third-order valence-corrected chi connectivity index (χ3v) is 4.97. The zero-order valence-electron chi connectivity index (χ0n) is 15.5. The van der Waals surface area contributed by atoms with Crippen molar-refractivity contribution in [3.8, 4) is 0 Å². The molecule has 1 unspecified atom stereocenters. The van der Waals surface area contributed by atoms with Gasteiger partial charge in [0, 0.05) is 29.8 Å². The first kappa shape index (κ1) is 17.2. The number of amides is 1. The maximum Gasteiger partial charge on any atom is 0.258 e. The minimum Gasteiger partial charge on any atom is -0.322 e. The van der Waals surface area contributed by atoms with Crippen LogP contribution in [0.15, 0.2) is 60.9 Å². The molecule has 5 heteroatoms. The summed E-state index contributed by atoms with van der Waals surface area (Å²) in [6.07, 6.45) is 5.02. The van der Waals surface area contributed by atoms with Gasteiger partial charge >= 0.3 is 0 Å². The summed E-state index contributed by atoms with van der Waals surface area (Å²) >= 11 is 0. The Morgan fingerprint density at radius 2 is 1.81 bits per heavy atom. The van der Waals surface area contributed by atoms with Gasteiger partial charge in [0.05, 0.1) is 5.56 Å². The molecule has 136 valence electrons. The van der Waals surface area contributed by atoms with Gasteiger partial charge in [0.1, 0.15) is 0 Å². The molecule has 1 atom stereocenters. The highest BCUT2D eigenvalue weighted by Crippen LogP contribution is 2.36. The second kappa shape index (κ2) is 7.19. The largest absolute Gasteiger partial charge is 0.322 e. The first-order valence-corrected chi connectivity index (χ1v) is 9.26. The van der Waals surface area contributed by atoms with Gasteiger partial charge in [-0.25, -0.2) is 9.97 Å². The fourth-order valence-electron chi connectivity index (χ4n) is 3.58. The molecular formula is C22H22N4O. The number of benzene rings is 2. The lowest BCUT2D eigenvalue weighted by atomic mass is 10.1. The Bertz CT molecular complexity index is 968. The van der Waals surface area contributed by atoms with Crippen LogP contribution >= 0.6 is 0 Å². The van der Waals surface area contributed by atoms with Crippen LogP contribution in [0.25, 0.3) is 0 Å². The first-order valence-electron chi connectivity index (χ1n) is 9.26. The van der Waals surface area contributed by atoms with Gasteiger partial charge in [-0.05, 0) is 43.0 Å². The van der Waals surface area contributed by atoms with Gasteiger partial charge in [-0.1, -0.05) is 43.3 Å². The van der Waals surface area contributed by atoms with Crippen molar-refractivity contribution in [2.24, 2.45) is 0 Å². The molecule has 1 aliphatic rings. The Labute approximate surface area is 159 Å². The van der Waals surface area contributed by atoms with Gasteiger partial charge in [0.2, 0.25) is 5.95 Å². The van der Waals surface area contributed by atoms with Crippen molar-refractivity contribution < 1.29 is 4.79 Å². The molecule has 0 aliphatic carbocycles. The Hall–Kier alpha value is -3.21. The van der Waals surface area contributed by atoms with E-state index in [9.17, 15) is 4.79 Å². The third kappa shape index (κ3) is 3.28. The van der Waals surface area contributed by atoms with Crippen LogP contribution in [-0.2, 0) is 12.8 Å². The van der Waals surface area contributed by atoms with Crippen molar-refractivity contribution in [2.45, 2.75) is 32.7 Å². The van der Waals surface area contributed by atoms with Crippen LogP contribution in [0.4, 0.5) is 17.3 Å². The van der Waals surface area contributed by atoms with Crippen LogP contribution in [0, 0.1) is 0 Å². The highest BCUT2D eigenvalue weighted by molar-refractivity contribution is 6.04. The summed E-state index contributed by atoms with van der Waals surface area (Å²) in [6, 6.07) is 16.4. The Balaban J connectivity index is 1.55. The number of para-hydroxylation sites is 2. The number of aryl methyl sites for hydroxylation is 1. The lowest BCUT2D eigenvalue weighted by Gasteiger charge is -2.22. The van der Waals surface area contributed by atoms with E-state index >= 15 is 0 Å². The van der Waals surface area contributed by atoms with Crippen molar-refractivity contribution in [1.82, 2.24) is 9.97 Å². The molecule has 0 fully saturated rings. The molecule has 2 aromatic carbocycles. The minimum absolute atomic E-state index is 0.197. The monoisotopic (exact) mass is 358 g/mol. The number of hydrogen-bond acceptors (Lipinski definition) is 4. The minimum atomic E-state index is -0.197. The number of rotatable bonds is 4. The smallest absolute Gasteiger partial charge is 0.258 e. The van der Waals surface area contributed by atoms with E-state index in [4.69, 9.17) is 0 Å². The fourth-order valence-corrected chi connectivity index (χ4v) is 3.58. The van der Waals surface area contributed by atoms with Crippen molar-refractivity contribution in [1.29, 1.82) is 0 Å². The quantitative estimate of drug-likeness (QED) is 0.752. The second-order valence-corrected chi connectivity index (χ2v) is 6.79. The number of fused-ring (bicyclic) bond motifs is 1. The fraction of sp³-hybridized carbons (Fsp3) is 0.227. The SMILES string of the molecule is CCc1ccccc1NC(=O)c1cnc(N2c3ccccc3CC2C)nc1. The molecule has 0 saturated heterocycles. The Morgan fingerprint density at radius 1 is 1.11 bits per heavy atom. The van der Waals surface area contributed by atoms with Crippen LogP contribution < -0.4 is 10.2 Å². The lowest BCUT2D eigenvalue weighted by molar-refractivity contribution is 0.102. The summed E-state index contributed by atoms with van der Waals surface area (Å²) < 4.78 is 0. The average molecular weight is 358 g/mol. The van der Waals surface area contributed by atoms with Gasteiger partial charge < -0.3 is 10.2 Å². The number of carbonyl (C=O) groups is 1. The topological polar surface area (TPSA) is 58.1 Å². The molecule has 1 N–H and O–H groups in total. The highest BCUT2D eigenvalue weighted by Gasteiger charge is 2.28. The van der Waals surface area contributed by atoms with Gasteiger partial charge in [0.15, 0.2) is 0 Å². The lowest BCUT2D eigenvalue weighted by Crippen LogP contribution is -2.26. The normalized spacial score (nSPS) is 15.5. The second-order valence-electron chi connectivity index (χ2n) is 6.79. The van der Waals surface area contributed by atoms with Gasteiger partial charge in [-0.15, -0.1) is 0 Å². The summed E-state index contributed by atoms with van der Waals surface area (Å²) in [5, 5.41) is 2.96. The molecule has 1 aromatic heterocycles. The summed E-state index contributed by atoms with van der Waals surface area (Å²) in [5.41, 5.74) is 4.82. The van der Waals surface area contributed by atoms with E-state index in [1.807, 2.05) is 30.3 Å². The molecule has 2 heterocycles. The summed E-state index contributed by atoms with van der Waals surface area (Å²) in [4.78, 5) is 23.6. The number of nitrogens with zero attached hydrogens (tertiary/aromatic N) is 3. The molecule has 0 spiro atoms. The van der Waals surface area contributed by atoms with E-state index < -0.39 is 0 Å². The number of hydrogen-bond donors (Lipinski definition) is 1. The zero-order valence-corrected chi connectivity index (χ0v) is 15.5. The molecule has 4 rings (SSSR count). The van der Waals surface area contributed by atoms with Gasteiger partial charge in [-0.3, -0.25) is 4.79 Å². The van der Waals surface area contributed by atoms with Gasteiger partial charge in [0.25, 0.3) is 5.91 Å². The van der Waals surface area contributed by atoms with E-state index in [0.29, 0.717) is 17.6 Å². The van der Waals surface area contributed by atoms with E-state index in [2.05, 4.69) is 52.2 Å². The van der Waals surface area contributed by atoms with E-state index in [1.54, 1.807) is 12.4 Å². The molecule has 0 bridgehead atoms. The highest BCUT2D eigenvalue weighted by atomic mass is 16.1. The molecule has 0 saturated carbocycles. The zero-order chi connectivity index (χ0) is 18.8.